The first-order valence-electron chi connectivity index (χ1n) is 6.49. The van der Waals surface area contributed by atoms with Crippen LogP contribution >= 0.6 is 15.9 Å². The zero-order valence-corrected chi connectivity index (χ0v) is 12.3. The normalized spacial score (nSPS) is 19.6. The van der Waals surface area contributed by atoms with Crippen molar-refractivity contribution in [1.29, 1.82) is 5.26 Å². The topological polar surface area (TPSA) is 57.0 Å². The summed E-state index contributed by atoms with van der Waals surface area (Å²) in [6.07, 6.45) is 5.88. The lowest BCUT2D eigenvalue weighted by molar-refractivity contribution is 0.0696. The summed E-state index contributed by atoms with van der Waals surface area (Å²) in [4.78, 5) is 18.5. The predicted molar refractivity (Wildman–Crippen MR) is 76.0 cm³/mol. The van der Waals surface area contributed by atoms with Crippen molar-refractivity contribution < 1.29 is 4.79 Å². The number of nitrogens with zero attached hydrogens (tertiary/aromatic N) is 3. The van der Waals surface area contributed by atoms with Crippen LogP contribution in [0, 0.1) is 11.3 Å². The number of carbonyl (C=O) groups is 1. The van der Waals surface area contributed by atoms with E-state index in [1.807, 2.05) is 11.0 Å². The van der Waals surface area contributed by atoms with Gasteiger partial charge in [-0.3, -0.25) is 4.79 Å². The van der Waals surface area contributed by atoms with Gasteiger partial charge in [-0.1, -0.05) is 28.8 Å². The van der Waals surface area contributed by atoms with Gasteiger partial charge in [0.25, 0.3) is 5.91 Å². The van der Waals surface area contributed by atoms with E-state index in [1.54, 1.807) is 12.1 Å². The lowest BCUT2D eigenvalue weighted by Gasteiger charge is -2.28. The number of carbonyl (C=O) groups excluding carboxylic acids is 1. The Balaban J connectivity index is 2.18. The van der Waals surface area contributed by atoms with Gasteiger partial charge in [-0.15, -0.1) is 0 Å². The summed E-state index contributed by atoms with van der Waals surface area (Å²) in [5, 5.41) is 9.54. The predicted octanol–water partition coefficient (Wildman–Crippen LogP) is 2.73. The maximum atomic E-state index is 12.5. The first-order valence-corrected chi connectivity index (χ1v) is 7.61. The average Bonchev–Trinajstić information content (AvgIpc) is 2.71. The summed E-state index contributed by atoms with van der Waals surface area (Å²) in [6.45, 7) is 0.788. The van der Waals surface area contributed by atoms with Gasteiger partial charge < -0.3 is 4.90 Å². The summed E-state index contributed by atoms with van der Waals surface area (Å²) in [5.74, 6) is -0.0316. The Morgan fingerprint density at radius 2 is 2.32 bits per heavy atom. The highest BCUT2D eigenvalue weighted by Crippen LogP contribution is 2.20. The van der Waals surface area contributed by atoms with E-state index in [-0.39, 0.29) is 11.9 Å². The first-order chi connectivity index (χ1) is 9.26. The van der Waals surface area contributed by atoms with Gasteiger partial charge >= 0.3 is 0 Å². The largest absolute Gasteiger partial charge is 0.333 e. The van der Waals surface area contributed by atoms with Crippen molar-refractivity contribution in [2.75, 3.05) is 11.9 Å². The maximum Gasteiger partial charge on any atom is 0.272 e. The summed E-state index contributed by atoms with van der Waals surface area (Å²) in [6, 6.07) is 5.53. The number of hydrogen-bond acceptors (Lipinski definition) is 3. The van der Waals surface area contributed by atoms with Crippen molar-refractivity contribution in [2.45, 2.75) is 31.7 Å². The number of pyridine rings is 1. The highest BCUT2D eigenvalue weighted by Gasteiger charge is 2.26. The number of amides is 1. The molecule has 1 aliphatic heterocycles. The second-order valence-corrected chi connectivity index (χ2v) is 5.35. The molecule has 1 aromatic rings. The number of halogens is 1. The molecule has 100 valence electrons. The Hall–Kier alpha value is -1.41. The monoisotopic (exact) mass is 321 g/mol. The fraction of sp³-hybridized carbons (Fsp3) is 0.500. The lowest BCUT2D eigenvalue weighted by Crippen LogP contribution is -2.41. The molecule has 1 amide bonds. The SMILES string of the molecule is N#Cc1ccc(C(=O)N2CCCCCC2CBr)nc1. The standard InChI is InChI=1S/C14H16BrN3O/c15-8-12-4-2-1-3-7-18(12)14(19)13-6-5-11(9-16)10-17-13/h5-6,10,12H,1-4,7-8H2. The Bertz CT molecular complexity index is 480. The molecule has 0 radical (unpaired) electrons. The molecule has 0 N–H and O–H groups in total. The molecule has 0 spiro atoms. The van der Waals surface area contributed by atoms with Crippen LogP contribution in [0.25, 0.3) is 0 Å². The highest BCUT2D eigenvalue weighted by molar-refractivity contribution is 9.09. The van der Waals surface area contributed by atoms with Gasteiger partial charge in [-0.2, -0.15) is 5.26 Å². The summed E-state index contributed by atoms with van der Waals surface area (Å²) < 4.78 is 0. The van der Waals surface area contributed by atoms with E-state index in [0.29, 0.717) is 11.3 Å². The van der Waals surface area contributed by atoms with Crippen molar-refractivity contribution in [3.05, 3.63) is 29.6 Å². The van der Waals surface area contributed by atoms with Gasteiger partial charge in [0, 0.05) is 24.1 Å². The van der Waals surface area contributed by atoms with E-state index >= 15 is 0 Å². The molecule has 1 unspecified atom stereocenters. The zero-order valence-electron chi connectivity index (χ0n) is 10.7. The molecule has 1 aliphatic rings. The van der Waals surface area contributed by atoms with Crippen LogP contribution in [0.3, 0.4) is 0 Å². The van der Waals surface area contributed by atoms with Crippen LogP contribution in [0.15, 0.2) is 18.3 Å². The van der Waals surface area contributed by atoms with E-state index in [0.717, 1.165) is 24.7 Å². The van der Waals surface area contributed by atoms with Crippen LogP contribution in [-0.4, -0.2) is 33.7 Å². The van der Waals surface area contributed by atoms with Crippen molar-refractivity contribution in [2.24, 2.45) is 0 Å². The molecular formula is C14H16BrN3O. The molecule has 1 atom stereocenters. The smallest absolute Gasteiger partial charge is 0.272 e. The third kappa shape index (κ3) is 3.32. The van der Waals surface area contributed by atoms with Crippen molar-refractivity contribution in [3.8, 4) is 6.07 Å². The molecular weight excluding hydrogens is 306 g/mol. The highest BCUT2D eigenvalue weighted by atomic mass is 79.9. The van der Waals surface area contributed by atoms with Crippen LogP contribution < -0.4 is 0 Å². The fourth-order valence-corrected chi connectivity index (χ4v) is 3.01. The van der Waals surface area contributed by atoms with Crippen LogP contribution in [0.4, 0.5) is 0 Å². The van der Waals surface area contributed by atoms with Crippen molar-refractivity contribution in [1.82, 2.24) is 9.88 Å². The molecule has 1 aromatic heterocycles. The van der Waals surface area contributed by atoms with Gasteiger partial charge in [-0.25, -0.2) is 4.98 Å². The second-order valence-electron chi connectivity index (χ2n) is 4.70. The second kappa shape index (κ2) is 6.67. The first kappa shape index (κ1) is 14.0. The Labute approximate surface area is 121 Å². The number of aromatic nitrogens is 1. The molecule has 0 saturated carbocycles. The molecule has 1 saturated heterocycles. The van der Waals surface area contributed by atoms with Crippen LogP contribution in [0.5, 0.6) is 0 Å². The zero-order chi connectivity index (χ0) is 13.7. The number of rotatable bonds is 2. The van der Waals surface area contributed by atoms with E-state index in [9.17, 15) is 4.79 Å². The minimum absolute atomic E-state index is 0.0316. The quantitative estimate of drug-likeness (QED) is 0.787. The Morgan fingerprint density at radius 1 is 1.47 bits per heavy atom. The third-order valence-corrected chi connectivity index (χ3v) is 4.18. The van der Waals surface area contributed by atoms with Crippen LogP contribution in [0.2, 0.25) is 0 Å². The lowest BCUT2D eigenvalue weighted by atomic mass is 10.1. The molecule has 2 heterocycles. The molecule has 0 bridgehead atoms. The summed E-state index contributed by atoms with van der Waals surface area (Å²) in [7, 11) is 0. The van der Waals surface area contributed by atoms with Gasteiger partial charge in [-0.05, 0) is 25.0 Å². The van der Waals surface area contributed by atoms with Gasteiger partial charge in [0.1, 0.15) is 11.8 Å². The number of nitriles is 1. The molecule has 0 aromatic carbocycles. The van der Waals surface area contributed by atoms with E-state index in [4.69, 9.17) is 5.26 Å². The molecule has 19 heavy (non-hydrogen) atoms. The molecule has 4 nitrogen and oxygen atoms in total. The summed E-state index contributed by atoms with van der Waals surface area (Å²) >= 11 is 3.49. The Morgan fingerprint density at radius 3 is 2.95 bits per heavy atom. The number of alkyl halides is 1. The maximum absolute atomic E-state index is 12.5. The fourth-order valence-electron chi connectivity index (χ4n) is 2.34. The minimum atomic E-state index is -0.0316. The van der Waals surface area contributed by atoms with Crippen molar-refractivity contribution in [3.63, 3.8) is 0 Å². The van der Waals surface area contributed by atoms with Gasteiger partial charge in [0.15, 0.2) is 0 Å². The molecule has 2 rings (SSSR count). The van der Waals surface area contributed by atoms with Gasteiger partial charge in [0.2, 0.25) is 0 Å². The number of hydrogen-bond donors (Lipinski definition) is 0. The van der Waals surface area contributed by atoms with E-state index < -0.39 is 0 Å². The van der Waals surface area contributed by atoms with Crippen LogP contribution in [-0.2, 0) is 0 Å². The third-order valence-electron chi connectivity index (χ3n) is 3.43. The van der Waals surface area contributed by atoms with Crippen LogP contribution in [0.1, 0.15) is 41.7 Å². The summed E-state index contributed by atoms with van der Waals surface area (Å²) in [5.41, 5.74) is 0.899. The molecule has 5 heteroatoms. The minimum Gasteiger partial charge on any atom is -0.333 e. The Kier molecular flexibility index (Phi) is 4.92. The van der Waals surface area contributed by atoms with E-state index in [2.05, 4.69) is 20.9 Å². The van der Waals surface area contributed by atoms with Gasteiger partial charge in [0.05, 0.1) is 5.56 Å². The van der Waals surface area contributed by atoms with Crippen molar-refractivity contribution >= 4 is 21.8 Å². The average molecular weight is 322 g/mol. The molecule has 0 aliphatic carbocycles. The van der Waals surface area contributed by atoms with E-state index in [1.165, 1.54) is 19.0 Å². The number of likely N-dealkylation sites (tertiary alicyclic amines) is 1. The molecule has 1 fully saturated rings.